The summed E-state index contributed by atoms with van der Waals surface area (Å²) >= 11 is 0. The van der Waals surface area contributed by atoms with E-state index in [1.807, 2.05) is 0 Å². The van der Waals surface area contributed by atoms with Crippen molar-refractivity contribution in [3.05, 3.63) is 0 Å². The quantitative estimate of drug-likeness (QED) is 0.237. The van der Waals surface area contributed by atoms with Crippen LogP contribution >= 0.6 is 0 Å². The molecule has 0 spiro atoms. The highest BCUT2D eigenvalue weighted by Crippen LogP contribution is 2.35. The van der Waals surface area contributed by atoms with Crippen molar-refractivity contribution in [2.75, 3.05) is 26.4 Å². The van der Waals surface area contributed by atoms with Gasteiger partial charge in [-0.2, -0.15) is 0 Å². The van der Waals surface area contributed by atoms with E-state index in [0.29, 0.717) is 44.7 Å². The van der Waals surface area contributed by atoms with Crippen molar-refractivity contribution in [3.8, 4) is 0 Å². The minimum Gasteiger partial charge on any atom is -0.465 e. The van der Waals surface area contributed by atoms with Gasteiger partial charge in [-0.15, -0.1) is 0 Å². The molecule has 1 saturated carbocycles. The highest BCUT2D eigenvalue weighted by molar-refractivity contribution is 5.82. The fourth-order valence-electron chi connectivity index (χ4n) is 3.52. The van der Waals surface area contributed by atoms with Crippen LogP contribution in [0.2, 0.25) is 0 Å². The highest BCUT2D eigenvalue weighted by atomic mass is 16.6. The van der Waals surface area contributed by atoms with Gasteiger partial charge in [0, 0.05) is 5.92 Å². The number of carbonyl (C=O) groups is 3. The van der Waals surface area contributed by atoms with Gasteiger partial charge in [-0.05, 0) is 44.9 Å². The number of ether oxygens (including phenoxy) is 4. The zero-order valence-electron chi connectivity index (χ0n) is 15.1. The molecule has 0 amide bonds. The smallest absolute Gasteiger partial charge is 0.309 e. The molecule has 2 saturated heterocycles. The van der Waals surface area contributed by atoms with Crippen LogP contribution in [0.1, 0.15) is 44.9 Å². The van der Waals surface area contributed by atoms with Crippen molar-refractivity contribution < 1.29 is 33.3 Å². The van der Waals surface area contributed by atoms with Crippen molar-refractivity contribution in [2.24, 2.45) is 17.8 Å². The fourth-order valence-corrected chi connectivity index (χ4v) is 3.52. The predicted molar refractivity (Wildman–Crippen MR) is 90.3 cm³/mol. The first-order valence-electron chi connectivity index (χ1n) is 9.69. The third kappa shape index (κ3) is 6.06. The maximum Gasteiger partial charge on any atom is 0.309 e. The Labute approximate surface area is 153 Å². The number of hydrogen-bond acceptors (Lipinski definition) is 7. The van der Waals surface area contributed by atoms with E-state index in [9.17, 15) is 14.4 Å². The first-order valence-corrected chi connectivity index (χ1v) is 9.69. The van der Waals surface area contributed by atoms with Crippen molar-refractivity contribution in [1.29, 1.82) is 0 Å². The summed E-state index contributed by atoms with van der Waals surface area (Å²) in [5.74, 6) is -2.03. The second-order valence-corrected chi connectivity index (χ2v) is 7.45. The number of esters is 2. The lowest BCUT2D eigenvalue weighted by atomic mass is 9.74. The van der Waals surface area contributed by atoms with E-state index in [1.165, 1.54) is 0 Å². The molecule has 0 bridgehead atoms. The zero-order valence-corrected chi connectivity index (χ0v) is 15.1. The first kappa shape index (κ1) is 19.3. The molecular weight excluding hydrogens is 340 g/mol. The van der Waals surface area contributed by atoms with Crippen molar-refractivity contribution in [3.63, 3.8) is 0 Å². The molecule has 3 aliphatic rings. The number of hydrogen-bond donors (Lipinski definition) is 0. The van der Waals surface area contributed by atoms with Gasteiger partial charge >= 0.3 is 11.9 Å². The van der Waals surface area contributed by atoms with Gasteiger partial charge in [-0.3, -0.25) is 9.59 Å². The molecule has 0 N–H and O–H groups in total. The van der Waals surface area contributed by atoms with E-state index in [2.05, 4.69) is 0 Å². The van der Waals surface area contributed by atoms with Crippen LogP contribution in [0.4, 0.5) is 0 Å². The number of carbonyl (C=O) groups excluding carboxylic acids is 3. The van der Waals surface area contributed by atoms with E-state index >= 15 is 0 Å². The average Bonchev–Trinajstić information content (AvgIpc) is 3.56. The highest BCUT2D eigenvalue weighted by Gasteiger charge is 2.41. The van der Waals surface area contributed by atoms with Crippen LogP contribution in [0.15, 0.2) is 0 Å². The Hall–Kier alpha value is -1.47. The molecule has 1 aliphatic carbocycles. The second kappa shape index (κ2) is 9.46. The second-order valence-electron chi connectivity index (χ2n) is 7.45. The molecule has 26 heavy (non-hydrogen) atoms. The van der Waals surface area contributed by atoms with Gasteiger partial charge in [0.2, 0.25) is 0 Å². The van der Waals surface area contributed by atoms with Crippen LogP contribution in [-0.2, 0) is 33.3 Å². The number of aldehydes is 1. The van der Waals surface area contributed by atoms with Crippen molar-refractivity contribution in [1.82, 2.24) is 0 Å². The van der Waals surface area contributed by atoms with Crippen LogP contribution in [0.25, 0.3) is 0 Å². The molecule has 0 aromatic rings. The third-order valence-electron chi connectivity index (χ3n) is 5.32. The molecule has 0 radical (unpaired) electrons. The molecule has 7 nitrogen and oxygen atoms in total. The summed E-state index contributed by atoms with van der Waals surface area (Å²) in [6.45, 7) is 2.25. The molecule has 146 valence electrons. The maximum absolute atomic E-state index is 12.5. The lowest BCUT2D eigenvalue weighted by Crippen LogP contribution is -2.38. The average molecular weight is 368 g/mol. The Bertz CT molecular complexity index is 498. The van der Waals surface area contributed by atoms with E-state index in [4.69, 9.17) is 18.9 Å². The van der Waals surface area contributed by atoms with E-state index in [-0.39, 0.29) is 17.9 Å². The molecule has 0 aromatic carbocycles. The summed E-state index contributed by atoms with van der Waals surface area (Å²) in [6.07, 6.45) is 6.26. The Kier molecular flexibility index (Phi) is 7.02. The van der Waals surface area contributed by atoms with E-state index in [1.54, 1.807) is 0 Å². The zero-order chi connectivity index (χ0) is 18.4. The normalized spacial score (nSPS) is 32.5. The molecule has 2 heterocycles. The molecule has 3 rings (SSSR count). The van der Waals surface area contributed by atoms with Gasteiger partial charge in [-0.1, -0.05) is 0 Å². The first-order chi connectivity index (χ1) is 12.7. The summed E-state index contributed by atoms with van der Waals surface area (Å²) in [7, 11) is 0. The van der Waals surface area contributed by atoms with Crippen molar-refractivity contribution >= 4 is 18.2 Å². The Morgan fingerprint density at radius 1 is 0.885 bits per heavy atom. The Balaban J connectivity index is 1.44. The van der Waals surface area contributed by atoms with Crippen molar-refractivity contribution in [2.45, 2.75) is 57.2 Å². The monoisotopic (exact) mass is 368 g/mol. The van der Waals surface area contributed by atoms with Gasteiger partial charge in [0.05, 0.1) is 50.5 Å². The largest absolute Gasteiger partial charge is 0.465 e. The Morgan fingerprint density at radius 2 is 1.42 bits per heavy atom. The summed E-state index contributed by atoms with van der Waals surface area (Å²) < 4.78 is 21.0. The lowest BCUT2D eigenvalue weighted by molar-refractivity contribution is -0.164. The SMILES string of the molecule is O=CC1CCC(C(=O)OCCCC2CO2)C(C(=O)OCCCC2CO2)C1. The fraction of sp³-hybridized carbons (Fsp3) is 0.842. The molecule has 3 fully saturated rings. The summed E-state index contributed by atoms with van der Waals surface area (Å²) in [4.78, 5) is 36.0. The lowest BCUT2D eigenvalue weighted by Gasteiger charge is -2.31. The molecule has 5 atom stereocenters. The van der Waals surface area contributed by atoms with Gasteiger partial charge in [-0.25, -0.2) is 0 Å². The van der Waals surface area contributed by atoms with Crippen LogP contribution in [-0.4, -0.2) is 56.9 Å². The van der Waals surface area contributed by atoms with Crippen LogP contribution < -0.4 is 0 Å². The van der Waals surface area contributed by atoms with Gasteiger partial charge in [0.25, 0.3) is 0 Å². The van der Waals surface area contributed by atoms with E-state index in [0.717, 1.165) is 45.2 Å². The molecular formula is C19H28O7. The van der Waals surface area contributed by atoms with Crippen LogP contribution in [0, 0.1) is 17.8 Å². The molecule has 2 aliphatic heterocycles. The molecule has 0 aromatic heterocycles. The summed E-state index contributed by atoms with van der Waals surface area (Å²) in [6, 6.07) is 0. The van der Waals surface area contributed by atoms with Gasteiger partial charge in [0.15, 0.2) is 0 Å². The number of rotatable bonds is 11. The summed E-state index contributed by atoms with van der Waals surface area (Å²) in [5.41, 5.74) is 0. The molecule has 7 heteroatoms. The summed E-state index contributed by atoms with van der Waals surface area (Å²) in [5, 5.41) is 0. The minimum absolute atomic E-state index is 0.191. The van der Waals surface area contributed by atoms with Crippen LogP contribution in [0.3, 0.4) is 0 Å². The van der Waals surface area contributed by atoms with Gasteiger partial charge in [0.1, 0.15) is 6.29 Å². The third-order valence-corrected chi connectivity index (χ3v) is 5.32. The minimum atomic E-state index is -0.588. The predicted octanol–water partition coefficient (Wildman–Crippen LogP) is 1.66. The van der Waals surface area contributed by atoms with E-state index < -0.39 is 11.8 Å². The molecule has 5 unspecified atom stereocenters. The van der Waals surface area contributed by atoms with Gasteiger partial charge < -0.3 is 23.7 Å². The standard InChI is InChI=1S/C19H28O7/c20-10-13-5-6-16(18(21)23-7-1-3-14-11-25-14)17(9-13)19(22)24-8-2-4-15-12-26-15/h10,13-17H,1-9,11-12H2. The Morgan fingerprint density at radius 3 is 1.92 bits per heavy atom. The topological polar surface area (TPSA) is 94.7 Å². The maximum atomic E-state index is 12.5. The number of epoxide rings is 2. The van der Waals surface area contributed by atoms with Crippen LogP contribution in [0.5, 0.6) is 0 Å².